The molecule has 56 heavy (non-hydrogen) atoms. The number of fused-ring (bicyclic) bond motifs is 18. The van der Waals surface area contributed by atoms with Crippen LogP contribution < -0.4 is 9.13 Å². The van der Waals surface area contributed by atoms with Crippen molar-refractivity contribution in [2.24, 2.45) is 5.41 Å². The van der Waals surface area contributed by atoms with E-state index in [2.05, 4.69) is 168 Å². The van der Waals surface area contributed by atoms with Gasteiger partial charge in [-0.25, -0.2) is 0 Å². The van der Waals surface area contributed by atoms with Gasteiger partial charge in [-0.1, -0.05) is 75.4 Å². The number of rotatable bonds is 1. The predicted molar refractivity (Wildman–Crippen MR) is 229 cm³/mol. The molecule has 0 amide bonds. The minimum absolute atomic E-state index is 0.182. The van der Waals surface area contributed by atoms with Crippen LogP contribution in [0.15, 0.2) is 145 Å². The Morgan fingerprint density at radius 2 is 1.45 bits per heavy atom. The molecule has 7 heterocycles. The van der Waals surface area contributed by atoms with E-state index in [-0.39, 0.29) is 17.4 Å². The molecule has 0 saturated carbocycles. The van der Waals surface area contributed by atoms with Crippen LogP contribution in [-0.4, -0.2) is 4.40 Å². The SMILES string of the molecule is C=C1CC2C(CCc3ccccc3-c3cccc[n+]31)c1cc3c(cc1-c1cc(CC(C)(C)C)cc[n+]12)c1cccc2c4cc5oc6ccccc6c5cc4n3c12. The summed E-state index contributed by atoms with van der Waals surface area (Å²) in [7, 11) is 0. The van der Waals surface area contributed by atoms with E-state index in [1.54, 1.807) is 0 Å². The summed E-state index contributed by atoms with van der Waals surface area (Å²) < 4.78 is 13.9. The Hall–Kier alpha value is -6.26. The van der Waals surface area contributed by atoms with Gasteiger partial charge in [0.15, 0.2) is 24.1 Å². The van der Waals surface area contributed by atoms with E-state index in [4.69, 9.17) is 11.0 Å². The van der Waals surface area contributed by atoms with Gasteiger partial charge in [0.2, 0.25) is 11.4 Å². The Morgan fingerprint density at radius 1 is 0.679 bits per heavy atom. The van der Waals surface area contributed by atoms with Crippen molar-refractivity contribution >= 4 is 65.7 Å². The molecule has 10 aromatic rings. The highest BCUT2D eigenvalue weighted by atomic mass is 16.3. The van der Waals surface area contributed by atoms with Gasteiger partial charge in [0, 0.05) is 68.1 Å². The molecule has 2 aliphatic rings. The summed E-state index contributed by atoms with van der Waals surface area (Å²) in [5.74, 6) is 0.280. The molecule has 5 aromatic heterocycles. The van der Waals surface area contributed by atoms with E-state index < -0.39 is 0 Å². The van der Waals surface area contributed by atoms with Crippen molar-refractivity contribution in [2.45, 2.75) is 58.4 Å². The molecule has 2 atom stereocenters. The standard InChI is InChI=1S/C52H43N3O/c1-31-24-45-35(20-19-33-12-5-6-13-34(33)44-17-9-10-22-53(31)44)39-27-47-40(26-41(39)46-25-32(21-23-54(45)46)30-52(2,3)4)37-15-11-16-38-42-29-50-43(28-48(42)55(47)51(37)38)36-14-7-8-18-49(36)56-50/h5-18,21-23,25-29,35,45H,1,19-20,24,30H2,2-4H3/q+2. The number of nitrogens with zero attached hydrogens (tertiary/aromatic N) is 3. The van der Waals surface area contributed by atoms with Crippen molar-refractivity contribution in [3.05, 3.63) is 157 Å². The molecular formula is C52H43N3O+2. The normalized spacial score (nSPS) is 17.1. The zero-order valence-electron chi connectivity index (χ0n) is 32.1. The van der Waals surface area contributed by atoms with Gasteiger partial charge < -0.3 is 8.82 Å². The third-order valence-electron chi connectivity index (χ3n) is 12.9. The topological polar surface area (TPSA) is 25.3 Å². The molecule has 0 fully saturated rings. The fourth-order valence-electron chi connectivity index (χ4n) is 10.6. The number of benzene rings is 5. The second kappa shape index (κ2) is 11.4. The number of allylic oxidation sites excluding steroid dienone is 1. The van der Waals surface area contributed by atoms with E-state index in [1.807, 2.05) is 0 Å². The zero-order valence-corrected chi connectivity index (χ0v) is 32.1. The highest BCUT2D eigenvalue weighted by Crippen LogP contribution is 2.49. The lowest BCUT2D eigenvalue weighted by atomic mass is 9.76. The first-order chi connectivity index (χ1) is 27.3. The highest BCUT2D eigenvalue weighted by Gasteiger charge is 2.43. The van der Waals surface area contributed by atoms with Crippen molar-refractivity contribution in [3.63, 3.8) is 0 Å². The smallest absolute Gasteiger partial charge is 0.218 e. The number of para-hydroxylation sites is 2. The van der Waals surface area contributed by atoms with Crippen LogP contribution in [0.25, 0.3) is 88.2 Å². The molecule has 0 aliphatic carbocycles. The number of furan rings is 1. The van der Waals surface area contributed by atoms with E-state index in [1.165, 1.54) is 82.7 Å². The zero-order chi connectivity index (χ0) is 37.4. The van der Waals surface area contributed by atoms with Gasteiger partial charge in [-0.05, 0) is 90.4 Å². The maximum Gasteiger partial charge on any atom is 0.218 e. The van der Waals surface area contributed by atoms with Crippen LogP contribution in [-0.2, 0) is 12.8 Å². The van der Waals surface area contributed by atoms with Crippen LogP contribution >= 0.6 is 0 Å². The van der Waals surface area contributed by atoms with Crippen molar-refractivity contribution in [1.29, 1.82) is 0 Å². The average molecular weight is 726 g/mol. The summed E-state index contributed by atoms with van der Waals surface area (Å²) in [5, 5.41) is 7.46. The summed E-state index contributed by atoms with van der Waals surface area (Å²) in [6, 6.07) is 45.7. The first-order valence-electron chi connectivity index (χ1n) is 20.2. The minimum atomic E-state index is 0.182. The number of pyridine rings is 2. The van der Waals surface area contributed by atoms with Gasteiger partial charge >= 0.3 is 0 Å². The summed E-state index contributed by atoms with van der Waals surface area (Å²) >= 11 is 0. The van der Waals surface area contributed by atoms with E-state index in [0.29, 0.717) is 0 Å². The van der Waals surface area contributed by atoms with Crippen molar-refractivity contribution in [3.8, 4) is 22.5 Å². The average Bonchev–Trinajstić information content (AvgIpc) is 3.84. The summed E-state index contributed by atoms with van der Waals surface area (Å²) in [4.78, 5) is 0. The monoisotopic (exact) mass is 725 g/mol. The van der Waals surface area contributed by atoms with Gasteiger partial charge in [0.25, 0.3) is 0 Å². The first kappa shape index (κ1) is 32.0. The van der Waals surface area contributed by atoms with E-state index in [0.717, 1.165) is 47.9 Å². The molecule has 0 N–H and O–H groups in total. The van der Waals surface area contributed by atoms with Gasteiger partial charge in [-0.3, -0.25) is 0 Å². The second-order valence-electron chi connectivity index (χ2n) is 17.6. The van der Waals surface area contributed by atoms with Crippen LogP contribution in [0.1, 0.15) is 62.3 Å². The molecule has 4 nitrogen and oxygen atoms in total. The second-order valence-corrected chi connectivity index (χ2v) is 17.6. The van der Waals surface area contributed by atoms with Crippen LogP contribution in [0.5, 0.6) is 0 Å². The van der Waals surface area contributed by atoms with E-state index in [9.17, 15) is 0 Å². The molecule has 270 valence electrons. The number of hydrogen-bond acceptors (Lipinski definition) is 1. The molecule has 2 unspecified atom stereocenters. The molecule has 0 saturated heterocycles. The van der Waals surface area contributed by atoms with Crippen molar-refractivity contribution in [2.75, 3.05) is 0 Å². The molecule has 4 heteroatoms. The maximum atomic E-state index is 6.42. The maximum absolute atomic E-state index is 6.42. The molecule has 0 spiro atoms. The van der Waals surface area contributed by atoms with Gasteiger partial charge in [-0.15, -0.1) is 0 Å². The lowest BCUT2D eigenvalue weighted by Crippen LogP contribution is -2.49. The Kier molecular flexibility index (Phi) is 6.52. The van der Waals surface area contributed by atoms with Crippen LogP contribution in [0.3, 0.4) is 0 Å². The lowest BCUT2D eigenvalue weighted by Gasteiger charge is -2.32. The van der Waals surface area contributed by atoms with Crippen molar-refractivity contribution < 1.29 is 13.6 Å². The Balaban J connectivity index is 1.15. The molecule has 0 radical (unpaired) electrons. The number of aromatic nitrogens is 3. The van der Waals surface area contributed by atoms with Crippen LogP contribution in [0, 0.1) is 5.41 Å². The first-order valence-corrected chi connectivity index (χ1v) is 20.2. The van der Waals surface area contributed by atoms with Crippen LogP contribution in [0.4, 0.5) is 0 Å². The molecule has 12 rings (SSSR count). The fourth-order valence-corrected chi connectivity index (χ4v) is 10.6. The molecule has 5 aromatic carbocycles. The minimum Gasteiger partial charge on any atom is -0.456 e. The summed E-state index contributed by atoms with van der Waals surface area (Å²) in [6.07, 6.45) is 8.51. The molecule has 0 bridgehead atoms. The highest BCUT2D eigenvalue weighted by molar-refractivity contribution is 6.26. The summed E-state index contributed by atoms with van der Waals surface area (Å²) in [6.45, 7) is 11.8. The Morgan fingerprint density at radius 3 is 2.32 bits per heavy atom. The molecular weight excluding hydrogens is 683 g/mol. The van der Waals surface area contributed by atoms with Crippen molar-refractivity contribution in [1.82, 2.24) is 4.40 Å². The van der Waals surface area contributed by atoms with Crippen LogP contribution in [0.2, 0.25) is 0 Å². The predicted octanol–water partition coefficient (Wildman–Crippen LogP) is 12.4. The molecule has 2 aliphatic heterocycles. The Labute approximate surface area is 325 Å². The largest absolute Gasteiger partial charge is 0.456 e. The van der Waals surface area contributed by atoms with Gasteiger partial charge in [0.1, 0.15) is 11.2 Å². The fraction of sp³-hybridized carbons (Fsp3) is 0.192. The van der Waals surface area contributed by atoms with E-state index >= 15 is 0 Å². The third-order valence-corrected chi connectivity index (χ3v) is 12.9. The number of hydrogen-bond donors (Lipinski definition) is 0. The number of aryl methyl sites for hydroxylation is 1. The van der Waals surface area contributed by atoms with Gasteiger partial charge in [0.05, 0.1) is 28.5 Å². The lowest BCUT2D eigenvalue weighted by molar-refractivity contribution is -0.720. The quantitative estimate of drug-likeness (QED) is 0.155. The Bertz CT molecular complexity index is 3280. The third kappa shape index (κ3) is 4.53. The summed E-state index contributed by atoms with van der Waals surface area (Å²) in [5.41, 5.74) is 16.4. The van der Waals surface area contributed by atoms with Gasteiger partial charge in [-0.2, -0.15) is 9.13 Å².